The van der Waals surface area contributed by atoms with E-state index in [1.807, 2.05) is 0 Å². The Balaban J connectivity index is 2.17. The molecular weight excluding hydrogens is 331 g/mol. The Morgan fingerprint density at radius 1 is 1.09 bits per heavy atom. The lowest BCUT2D eigenvalue weighted by molar-refractivity contribution is -0.274. The Kier molecular flexibility index (Phi) is 4.95. The molecule has 0 fully saturated rings. The van der Waals surface area contributed by atoms with Crippen LogP contribution < -0.4 is 10.1 Å². The van der Waals surface area contributed by atoms with E-state index in [-0.39, 0.29) is 11.3 Å². The summed E-state index contributed by atoms with van der Waals surface area (Å²) in [5.74, 6) is -1.15. The van der Waals surface area contributed by atoms with Gasteiger partial charge in [0.25, 0.3) is 5.91 Å². The Hall–Kier alpha value is -2.47. The van der Waals surface area contributed by atoms with Crippen LogP contribution in [0.1, 0.15) is 5.56 Å². The molecule has 1 amide bonds. The Bertz CT molecular complexity index is 727. The van der Waals surface area contributed by atoms with Gasteiger partial charge < -0.3 is 10.1 Å². The Labute approximate surface area is 135 Å². The van der Waals surface area contributed by atoms with Gasteiger partial charge in [-0.2, -0.15) is 0 Å². The number of ether oxygens (including phenoxy) is 1. The van der Waals surface area contributed by atoms with Crippen molar-refractivity contribution in [2.45, 2.75) is 6.36 Å². The van der Waals surface area contributed by atoms with Crippen molar-refractivity contribution in [3.8, 4) is 5.75 Å². The number of para-hydroxylation sites is 2. The third-order valence-electron chi connectivity index (χ3n) is 2.83. The predicted molar refractivity (Wildman–Crippen MR) is 82.2 cm³/mol. The maximum Gasteiger partial charge on any atom is 0.573 e. The zero-order chi connectivity index (χ0) is 17.0. The predicted octanol–water partition coefficient (Wildman–Crippen LogP) is 4.89. The molecule has 0 aromatic heterocycles. The zero-order valence-electron chi connectivity index (χ0n) is 11.7. The van der Waals surface area contributed by atoms with Crippen LogP contribution in [0, 0.1) is 0 Å². The molecule has 120 valence electrons. The first-order valence-electron chi connectivity index (χ1n) is 6.37. The lowest BCUT2D eigenvalue weighted by atomic mass is 10.1. The van der Waals surface area contributed by atoms with Crippen molar-refractivity contribution in [3.63, 3.8) is 0 Å². The highest BCUT2D eigenvalue weighted by Crippen LogP contribution is 2.30. The number of hydrogen-bond acceptors (Lipinski definition) is 2. The quantitative estimate of drug-likeness (QED) is 0.804. The minimum atomic E-state index is -4.85. The molecule has 2 aromatic rings. The molecule has 3 nitrogen and oxygen atoms in total. The highest BCUT2D eigenvalue weighted by molar-refractivity contribution is 6.31. The van der Waals surface area contributed by atoms with Crippen LogP contribution in [0.5, 0.6) is 5.75 Å². The van der Waals surface area contributed by atoms with Crippen molar-refractivity contribution < 1.29 is 22.7 Å². The van der Waals surface area contributed by atoms with Crippen molar-refractivity contribution in [2.24, 2.45) is 0 Å². The van der Waals surface area contributed by atoms with E-state index in [0.717, 1.165) is 6.07 Å². The molecule has 0 atom stereocenters. The first-order chi connectivity index (χ1) is 10.8. The third kappa shape index (κ3) is 4.75. The van der Waals surface area contributed by atoms with Crippen molar-refractivity contribution in [3.05, 3.63) is 65.7 Å². The molecule has 0 unspecified atom stereocenters. The van der Waals surface area contributed by atoms with E-state index >= 15 is 0 Å². The fourth-order valence-corrected chi connectivity index (χ4v) is 1.89. The largest absolute Gasteiger partial charge is 0.573 e. The normalized spacial score (nSPS) is 11.0. The number of amides is 1. The topological polar surface area (TPSA) is 38.3 Å². The van der Waals surface area contributed by atoms with E-state index in [2.05, 4.69) is 16.6 Å². The summed E-state index contributed by atoms with van der Waals surface area (Å²) in [7, 11) is 0. The van der Waals surface area contributed by atoms with Crippen molar-refractivity contribution in [1.82, 2.24) is 0 Å². The van der Waals surface area contributed by atoms with Gasteiger partial charge in [0.2, 0.25) is 0 Å². The maximum atomic E-state index is 12.4. The van der Waals surface area contributed by atoms with Crippen LogP contribution in [0.15, 0.2) is 55.1 Å². The first kappa shape index (κ1) is 16.9. The van der Waals surface area contributed by atoms with E-state index in [4.69, 9.17) is 11.6 Å². The van der Waals surface area contributed by atoms with Crippen LogP contribution in [0.25, 0.3) is 5.57 Å². The van der Waals surface area contributed by atoms with Crippen LogP contribution in [0.2, 0.25) is 5.02 Å². The number of rotatable bonds is 4. The second-order valence-corrected chi connectivity index (χ2v) is 4.92. The van der Waals surface area contributed by atoms with Gasteiger partial charge >= 0.3 is 6.36 Å². The summed E-state index contributed by atoms with van der Waals surface area (Å²) in [4.78, 5) is 12.1. The van der Waals surface area contributed by atoms with Gasteiger partial charge in [0.05, 0.1) is 5.69 Å². The molecule has 0 saturated heterocycles. The van der Waals surface area contributed by atoms with E-state index in [0.29, 0.717) is 10.6 Å². The number of alkyl halides is 3. The second kappa shape index (κ2) is 6.75. The van der Waals surface area contributed by atoms with Crippen LogP contribution in [0.3, 0.4) is 0 Å². The minimum absolute atomic E-state index is 0.0866. The maximum absolute atomic E-state index is 12.4. The fourth-order valence-electron chi connectivity index (χ4n) is 1.76. The van der Waals surface area contributed by atoms with Crippen LogP contribution in [-0.4, -0.2) is 12.3 Å². The fraction of sp³-hybridized carbons (Fsp3) is 0.0625. The molecule has 1 N–H and O–H groups in total. The Morgan fingerprint density at radius 2 is 1.70 bits per heavy atom. The summed E-state index contributed by atoms with van der Waals surface area (Å²) in [5.41, 5.74) is 0.481. The lowest BCUT2D eigenvalue weighted by Crippen LogP contribution is -2.19. The van der Waals surface area contributed by atoms with Crippen LogP contribution in [0.4, 0.5) is 18.9 Å². The monoisotopic (exact) mass is 341 g/mol. The van der Waals surface area contributed by atoms with Gasteiger partial charge in [0.1, 0.15) is 0 Å². The Morgan fingerprint density at radius 3 is 2.30 bits per heavy atom. The SMILES string of the molecule is C=C(C(=O)Nc1ccccc1OC(F)(F)F)c1ccc(Cl)cc1. The number of benzene rings is 2. The molecule has 0 aliphatic carbocycles. The van der Waals surface area contributed by atoms with Crippen molar-refractivity contribution in [2.75, 3.05) is 5.32 Å². The van der Waals surface area contributed by atoms with Gasteiger partial charge in [-0.1, -0.05) is 42.4 Å². The highest BCUT2D eigenvalue weighted by atomic mass is 35.5. The summed E-state index contributed by atoms with van der Waals surface area (Å²) in [6.07, 6.45) is -4.85. The third-order valence-corrected chi connectivity index (χ3v) is 3.08. The minimum Gasteiger partial charge on any atom is -0.404 e. The van der Waals surface area contributed by atoms with E-state index in [1.54, 1.807) is 24.3 Å². The smallest absolute Gasteiger partial charge is 0.404 e. The second-order valence-electron chi connectivity index (χ2n) is 4.48. The van der Waals surface area contributed by atoms with Gasteiger partial charge in [0.15, 0.2) is 5.75 Å². The van der Waals surface area contributed by atoms with Crippen LogP contribution in [-0.2, 0) is 4.79 Å². The molecule has 0 radical (unpaired) electrons. The molecular formula is C16H11ClF3NO2. The van der Waals surface area contributed by atoms with Gasteiger partial charge in [-0.25, -0.2) is 0 Å². The summed E-state index contributed by atoms with van der Waals surface area (Å²) in [6, 6.07) is 11.6. The number of hydrogen-bond donors (Lipinski definition) is 1. The van der Waals surface area contributed by atoms with Crippen LogP contribution >= 0.6 is 11.6 Å². The van der Waals surface area contributed by atoms with Gasteiger partial charge in [-0.15, -0.1) is 13.2 Å². The molecule has 0 spiro atoms. The van der Waals surface area contributed by atoms with Gasteiger partial charge in [-0.05, 0) is 29.8 Å². The van der Waals surface area contributed by atoms with E-state index < -0.39 is 18.0 Å². The number of anilines is 1. The standard InChI is InChI=1S/C16H11ClF3NO2/c1-10(11-6-8-12(17)9-7-11)15(22)21-13-4-2-3-5-14(13)23-16(18,19)20/h2-9H,1H2,(H,21,22). The van der Waals surface area contributed by atoms with Gasteiger partial charge in [0, 0.05) is 10.6 Å². The first-order valence-corrected chi connectivity index (χ1v) is 6.75. The molecule has 0 aliphatic rings. The molecule has 0 heterocycles. The zero-order valence-corrected chi connectivity index (χ0v) is 12.4. The van der Waals surface area contributed by atoms with Gasteiger partial charge in [-0.3, -0.25) is 4.79 Å². The average Bonchev–Trinajstić information content (AvgIpc) is 2.48. The number of halogens is 4. The number of nitrogens with one attached hydrogen (secondary N) is 1. The number of carbonyl (C=O) groups excluding carboxylic acids is 1. The number of carbonyl (C=O) groups is 1. The summed E-state index contributed by atoms with van der Waals surface area (Å²) < 4.78 is 40.9. The summed E-state index contributed by atoms with van der Waals surface area (Å²) in [6.45, 7) is 3.64. The average molecular weight is 342 g/mol. The molecule has 2 aromatic carbocycles. The summed E-state index contributed by atoms with van der Waals surface area (Å²) >= 11 is 5.75. The molecule has 0 aliphatic heterocycles. The molecule has 0 saturated carbocycles. The van der Waals surface area contributed by atoms with Crippen molar-refractivity contribution >= 4 is 28.8 Å². The van der Waals surface area contributed by atoms with Crippen molar-refractivity contribution in [1.29, 1.82) is 0 Å². The molecule has 23 heavy (non-hydrogen) atoms. The lowest BCUT2D eigenvalue weighted by Gasteiger charge is -2.14. The molecule has 2 rings (SSSR count). The highest BCUT2D eigenvalue weighted by Gasteiger charge is 2.32. The van der Waals surface area contributed by atoms with E-state index in [9.17, 15) is 18.0 Å². The molecule has 0 bridgehead atoms. The molecule has 7 heteroatoms. The summed E-state index contributed by atoms with van der Waals surface area (Å²) in [5, 5.41) is 2.84. The van der Waals surface area contributed by atoms with E-state index in [1.165, 1.54) is 18.2 Å².